The molecule has 126 valence electrons. The molecule has 0 fully saturated rings. The molecule has 0 saturated heterocycles. The minimum atomic E-state index is -4.21. The summed E-state index contributed by atoms with van der Waals surface area (Å²) in [6.07, 6.45) is -19.9. The van der Waals surface area contributed by atoms with Gasteiger partial charge in [-0.25, -0.2) is 0 Å². The van der Waals surface area contributed by atoms with Crippen LogP contribution >= 0.6 is 0 Å². The van der Waals surface area contributed by atoms with E-state index in [1.165, 1.54) is 0 Å². The Hall–Kier alpha value is -0.380. The van der Waals surface area contributed by atoms with E-state index < -0.39 is 74.8 Å². The van der Waals surface area contributed by atoms with Crippen LogP contribution in [0, 0.1) is 0 Å². The van der Waals surface area contributed by atoms with E-state index in [4.69, 9.17) is 27.6 Å². The quantitative estimate of drug-likeness (QED) is 0.265. The lowest BCUT2D eigenvalue weighted by molar-refractivity contribution is 0.144. The summed E-state index contributed by atoms with van der Waals surface area (Å²) in [7, 11) is 0. The molecular formula is C18H37NO2. The van der Waals surface area contributed by atoms with Gasteiger partial charge in [-0.05, 0) is 12.7 Å². The molecule has 2 atom stereocenters. The van der Waals surface area contributed by atoms with E-state index in [0.717, 1.165) is 19.3 Å². The van der Waals surface area contributed by atoms with E-state index in [-0.39, 0.29) is 6.42 Å². The molecule has 0 aliphatic heterocycles. The Morgan fingerprint density at radius 3 is 2.67 bits per heavy atom. The Morgan fingerprint density at radius 1 is 1.19 bits per heavy atom. The summed E-state index contributed by atoms with van der Waals surface area (Å²) in [6.45, 7) is -1.92. The fraction of sp³-hybridized carbons (Fsp3) is 0.889. The molecule has 4 N–H and O–H groups in total. The van der Waals surface area contributed by atoms with Crippen molar-refractivity contribution in [1.82, 2.24) is 0 Å². The molecule has 0 aliphatic rings. The molecule has 0 heterocycles. The summed E-state index contributed by atoms with van der Waals surface area (Å²) in [5.41, 5.74) is -0.955. The average Bonchev–Trinajstić information content (AvgIpc) is 2.87. The zero-order valence-electron chi connectivity index (χ0n) is 32.2. The monoisotopic (exact) mass is 319 g/mol. The van der Waals surface area contributed by atoms with Gasteiger partial charge in [0.25, 0.3) is 0 Å². The SMILES string of the molecule is [2H]OC([2H])([2H])C([2H])(N([2H])[2H])C([2H])(O[2H])C([2H])=C([2H])C([2H])([2H])C([2H])([2H])C([2H])([2H])C([2H])([2H])C([2H])([2H])CCCCCCCC. The van der Waals surface area contributed by atoms with Crippen molar-refractivity contribution in [3.05, 3.63) is 12.1 Å². The lowest BCUT2D eigenvalue weighted by Crippen LogP contribution is -2.36. The number of unbranched alkanes of at least 4 members (excludes halogenated alkanes) is 5. The van der Waals surface area contributed by atoms with Gasteiger partial charge in [0.1, 0.15) is 2.82 Å². The summed E-state index contributed by atoms with van der Waals surface area (Å²) in [5.74, 6) is 0. The van der Waals surface area contributed by atoms with Gasteiger partial charge in [0, 0.05) is 13.7 Å². The van der Waals surface area contributed by atoms with Crippen LogP contribution in [0.2, 0.25) is 2.82 Å². The molecule has 0 aromatic rings. The second kappa shape index (κ2) is 16.0. The lowest BCUT2D eigenvalue weighted by Gasteiger charge is -2.11. The zero-order chi connectivity index (χ0) is 33.1. The number of rotatable bonds is 18. The minimum absolute atomic E-state index is 0.104. The van der Waals surface area contributed by atoms with Crippen LogP contribution in [0.25, 0.3) is 0 Å². The largest absolute Gasteiger partial charge is 0.395 e. The number of hydrogen-bond acceptors (Lipinski definition) is 3. The normalized spacial score (nSPS) is 36.7. The van der Waals surface area contributed by atoms with Crippen molar-refractivity contribution in [3.8, 4) is 0 Å². The van der Waals surface area contributed by atoms with Crippen molar-refractivity contribution in [2.75, 3.05) is 6.56 Å². The Kier molecular flexibility index (Phi) is 3.85. The third kappa shape index (κ3) is 14.3. The smallest absolute Gasteiger partial charge is 0.211 e. The van der Waals surface area contributed by atoms with Gasteiger partial charge in [0.05, 0.1) is 26.9 Å². The summed E-state index contributed by atoms with van der Waals surface area (Å²) >= 11 is 0. The fourth-order valence-corrected chi connectivity index (χ4v) is 1.39. The number of hydrogen-bond donors (Lipinski definition) is 3. The first-order chi connectivity index (χ1) is 18.2. The van der Waals surface area contributed by atoms with Crippen LogP contribution in [0.4, 0.5) is 0 Å². The predicted octanol–water partition coefficient (Wildman–Crippen LogP) is 3.92. The molecule has 0 bridgehead atoms. The Balaban J connectivity index is 6.81. The van der Waals surface area contributed by atoms with Crippen LogP contribution < -0.4 is 5.72 Å². The molecule has 0 amide bonds. The van der Waals surface area contributed by atoms with Crippen LogP contribution in [0.5, 0.6) is 0 Å². The van der Waals surface area contributed by atoms with Gasteiger partial charge in [0.15, 0.2) is 0 Å². The van der Waals surface area contributed by atoms with Crippen LogP contribution in [-0.4, -0.2) is 31.7 Å². The van der Waals surface area contributed by atoms with Crippen molar-refractivity contribution in [1.29, 1.82) is 2.86 Å². The highest BCUT2D eigenvalue weighted by molar-refractivity contribution is 4.93. The van der Waals surface area contributed by atoms with Crippen LogP contribution in [0.3, 0.4) is 0 Å². The maximum Gasteiger partial charge on any atom is 0.211 e. The van der Waals surface area contributed by atoms with Gasteiger partial charge in [-0.1, -0.05) is 83.1 Å². The molecule has 3 nitrogen and oxygen atoms in total. The summed E-state index contributed by atoms with van der Waals surface area (Å²) < 4.78 is 158. The molecule has 0 saturated carbocycles. The molecule has 0 aromatic heterocycles. The third-order valence-electron chi connectivity index (χ3n) is 2.48. The van der Waals surface area contributed by atoms with Crippen molar-refractivity contribution in [3.63, 3.8) is 0 Å². The van der Waals surface area contributed by atoms with Crippen molar-refractivity contribution >= 4 is 0 Å². The van der Waals surface area contributed by atoms with Crippen molar-refractivity contribution in [2.45, 2.75) is 95.8 Å². The average molecular weight is 320 g/mol. The zero-order valence-corrected chi connectivity index (χ0v) is 12.2. The van der Waals surface area contributed by atoms with Gasteiger partial charge in [-0.3, -0.25) is 0 Å². The van der Waals surface area contributed by atoms with E-state index in [9.17, 15) is 0 Å². The van der Waals surface area contributed by atoms with Crippen molar-refractivity contribution in [2.24, 2.45) is 5.72 Å². The van der Waals surface area contributed by atoms with E-state index >= 15 is 0 Å². The van der Waals surface area contributed by atoms with E-state index in [2.05, 4.69) is 10.2 Å². The highest BCUT2D eigenvalue weighted by atomic mass is 16.3. The van der Waals surface area contributed by atoms with Crippen LogP contribution in [-0.2, 0) is 0 Å². The summed E-state index contributed by atoms with van der Waals surface area (Å²) in [6, 6.07) is -8.17. The molecule has 0 aliphatic carbocycles. The maximum absolute atomic E-state index is 8.21. The van der Waals surface area contributed by atoms with Crippen LogP contribution in [0.1, 0.15) is 106 Å². The minimum Gasteiger partial charge on any atom is -0.395 e. The third-order valence-corrected chi connectivity index (χ3v) is 2.48. The molecule has 0 radical (unpaired) electrons. The molecule has 3 heteroatoms. The topological polar surface area (TPSA) is 66.5 Å². The first-order valence-corrected chi connectivity index (χ1v) is 6.94. The van der Waals surface area contributed by atoms with Gasteiger partial charge >= 0.3 is 0 Å². The molecule has 0 rings (SSSR count). The second-order valence-electron chi connectivity index (χ2n) is 4.22. The fourth-order valence-electron chi connectivity index (χ4n) is 1.39. The standard InChI is InChI=1S/C18H37NO2/c1-2-3-4-5-6-7-8-9-10-11-12-13-14-15-18(21)17(19)16-20/h14-15,17-18,20-21H,2-13,16,19H2,1H3/i9D2,10D2,11D2,12D2,13D2,14D,15D,16D2,17D,18D,20D,21D/hD2. The summed E-state index contributed by atoms with van der Waals surface area (Å²) in [5, 5.41) is 7.53. The molecular weight excluding hydrogens is 262 g/mol. The van der Waals surface area contributed by atoms with Crippen molar-refractivity contribution < 1.29 is 35.0 Å². The van der Waals surface area contributed by atoms with E-state index in [0.29, 0.717) is 12.8 Å². The highest BCUT2D eigenvalue weighted by Crippen LogP contribution is 2.12. The van der Waals surface area contributed by atoms with Crippen LogP contribution in [0.15, 0.2) is 12.1 Å². The first kappa shape index (κ1) is 5.06. The number of allylic oxidation sites excluding steroid dienone is 1. The molecule has 2 unspecified atom stereocenters. The predicted molar refractivity (Wildman–Crippen MR) is 91.3 cm³/mol. The Bertz CT molecular complexity index is 895. The van der Waals surface area contributed by atoms with Gasteiger partial charge < -0.3 is 15.9 Å². The van der Waals surface area contributed by atoms with Gasteiger partial charge in [-0.2, -0.15) is 0 Å². The molecule has 0 aromatic carbocycles. The molecule has 21 heavy (non-hydrogen) atoms. The number of aliphatic hydroxyl groups is 2. The maximum atomic E-state index is 8.21. The van der Waals surface area contributed by atoms with E-state index in [1.807, 2.05) is 6.92 Å². The summed E-state index contributed by atoms with van der Waals surface area (Å²) in [4.78, 5) is 0. The van der Waals surface area contributed by atoms with E-state index in [1.54, 1.807) is 0 Å². The highest BCUT2D eigenvalue weighted by Gasteiger charge is 2.08. The number of nitrogens with two attached hydrogens (primary N) is 1. The Labute approximate surface area is 160 Å². The second-order valence-corrected chi connectivity index (χ2v) is 4.22. The Morgan fingerprint density at radius 2 is 1.95 bits per heavy atom. The molecule has 0 spiro atoms. The van der Waals surface area contributed by atoms with Gasteiger partial charge in [-0.15, -0.1) is 0 Å². The van der Waals surface area contributed by atoms with Gasteiger partial charge in [0.2, 0.25) is 2.86 Å². The first-order valence-electron chi connectivity index (χ1n) is 16.7. The lowest BCUT2D eigenvalue weighted by atomic mass is 10.0.